The molecule has 7 nitrogen and oxygen atoms in total. The number of unbranched alkanes of at least 4 members (excludes halogenated alkanes) is 1. The molecule has 2 amide bonds. The molecule has 0 aliphatic heterocycles. The van der Waals surface area contributed by atoms with Gasteiger partial charge in [-0.25, -0.2) is 8.42 Å². The number of carbonyl (C=O) groups excluding carboxylic acids is 2. The maximum Gasteiger partial charge on any atom is 0.244 e. The fraction of sp³-hybridized carbons (Fsp3) is 0.462. The lowest BCUT2D eigenvalue weighted by Crippen LogP contribution is -2.51. The molecule has 1 atom stereocenters. The Balaban J connectivity index is 2.43. The van der Waals surface area contributed by atoms with Gasteiger partial charge in [0.2, 0.25) is 21.8 Å². The van der Waals surface area contributed by atoms with Crippen molar-refractivity contribution in [3.63, 3.8) is 0 Å². The van der Waals surface area contributed by atoms with E-state index in [0.717, 1.165) is 29.0 Å². The molecule has 0 aliphatic carbocycles. The van der Waals surface area contributed by atoms with Gasteiger partial charge in [-0.1, -0.05) is 75.2 Å². The molecule has 2 aromatic rings. The van der Waals surface area contributed by atoms with E-state index in [9.17, 15) is 18.0 Å². The number of sulfonamides is 1. The quantitative estimate of drug-likeness (QED) is 0.415. The molecule has 1 N–H and O–H groups in total. The summed E-state index contributed by atoms with van der Waals surface area (Å²) >= 11 is 6.34. The summed E-state index contributed by atoms with van der Waals surface area (Å²) < 4.78 is 26.7. The Labute approximate surface area is 214 Å². The topological polar surface area (TPSA) is 86.8 Å². The molecule has 9 heteroatoms. The number of amides is 2. The third-order valence-electron chi connectivity index (χ3n) is 5.80. The number of benzene rings is 2. The fourth-order valence-electron chi connectivity index (χ4n) is 3.73. The zero-order valence-corrected chi connectivity index (χ0v) is 22.7. The number of para-hydroxylation sites is 1. The standard InChI is InChI=1S/C26H36ClN3O4S/c1-6-7-16-28-26(32)20(4)29(17-21-12-8-10-14-23(21)27)25(31)18-30(35(5,33)34)24-15-11-9-13-22(24)19(2)3/h8-15,19-20H,6-7,16-18H2,1-5H3,(H,28,32)/t20-/m1/s1. The molecule has 0 fully saturated rings. The molecular weight excluding hydrogens is 486 g/mol. The fourth-order valence-corrected chi connectivity index (χ4v) is 4.79. The monoisotopic (exact) mass is 521 g/mol. The zero-order valence-electron chi connectivity index (χ0n) is 21.1. The highest BCUT2D eigenvalue weighted by atomic mass is 35.5. The number of carbonyl (C=O) groups is 2. The van der Waals surface area contributed by atoms with Gasteiger partial charge in [-0.3, -0.25) is 13.9 Å². The SMILES string of the molecule is CCCCNC(=O)[C@@H](C)N(Cc1ccccc1Cl)C(=O)CN(c1ccccc1C(C)C)S(C)(=O)=O. The molecule has 0 aliphatic rings. The molecule has 35 heavy (non-hydrogen) atoms. The number of hydrogen-bond donors (Lipinski definition) is 1. The summed E-state index contributed by atoms with van der Waals surface area (Å²) in [5.74, 6) is -0.743. The van der Waals surface area contributed by atoms with E-state index in [1.165, 1.54) is 4.90 Å². The first-order chi connectivity index (χ1) is 16.5. The van der Waals surface area contributed by atoms with Crippen LogP contribution >= 0.6 is 11.6 Å². The molecule has 192 valence electrons. The largest absolute Gasteiger partial charge is 0.354 e. The van der Waals surface area contributed by atoms with Crippen molar-refractivity contribution in [2.45, 2.75) is 59.0 Å². The van der Waals surface area contributed by atoms with E-state index in [4.69, 9.17) is 11.6 Å². The number of nitrogens with zero attached hydrogens (tertiary/aromatic N) is 2. The Hall–Kier alpha value is -2.58. The van der Waals surface area contributed by atoms with Gasteiger partial charge < -0.3 is 10.2 Å². The van der Waals surface area contributed by atoms with Crippen molar-refractivity contribution in [2.75, 3.05) is 23.7 Å². The lowest BCUT2D eigenvalue weighted by atomic mass is 10.0. The molecule has 0 saturated carbocycles. The number of halogens is 1. The van der Waals surface area contributed by atoms with Crippen molar-refractivity contribution in [1.29, 1.82) is 0 Å². The number of hydrogen-bond acceptors (Lipinski definition) is 4. The van der Waals surface area contributed by atoms with Crippen LogP contribution in [0.4, 0.5) is 5.69 Å². The van der Waals surface area contributed by atoms with Gasteiger partial charge >= 0.3 is 0 Å². The molecule has 0 aromatic heterocycles. The van der Waals surface area contributed by atoms with Gasteiger partial charge in [-0.15, -0.1) is 0 Å². The molecule has 0 saturated heterocycles. The molecule has 0 spiro atoms. The van der Waals surface area contributed by atoms with E-state index >= 15 is 0 Å². The van der Waals surface area contributed by atoms with E-state index in [1.54, 1.807) is 43.3 Å². The van der Waals surface area contributed by atoms with Crippen molar-refractivity contribution in [3.05, 3.63) is 64.7 Å². The van der Waals surface area contributed by atoms with Gasteiger partial charge in [0.25, 0.3) is 0 Å². The zero-order chi connectivity index (χ0) is 26.2. The third-order valence-corrected chi connectivity index (χ3v) is 7.30. The van der Waals surface area contributed by atoms with Gasteiger partial charge in [0.1, 0.15) is 12.6 Å². The minimum absolute atomic E-state index is 0.0491. The Kier molecular flexibility index (Phi) is 10.6. The van der Waals surface area contributed by atoms with E-state index < -0.39 is 28.5 Å². The first kappa shape index (κ1) is 28.7. The summed E-state index contributed by atoms with van der Waals surface area (Å²) in [5.41, 5.74) is 1.94. The van der Waals surface area contributed by atoms with Gasteiger partial charge in [-0.2, -0.15) is 0 Å². The summed E-state index contributed by atoms with van der Waals surface area (Å²) in [7, 11) is -3.79. The maximum atomic E-state index is 13.6. The highest BCUT2D eigenvalue weighted by Crippen LogP contribution is 2.29. The van der Waals surface area contributed by atoms with Crippen molar-refractivity contribution in [1.82, 2.24) is 10.2 Å². The first-order valence-corrected chi connectivity index (χ1v) is 14.1. The van der Waals surface area contributed by atoms with Crippen LogP contribution in [-0.4, -0.2) is 50.5 Å². The smallest absolute Gasteiger partial charge is 0.244 e. The summed E-state index contributed by atoms with van der Waals surface area (Å²) in [6, 6.07) is 13.4. The van der Waals surface area contributed by atoms with Gasteiger partial charge in [0, 0.05) is 18.1 Å². The Morgan fingerprint density at radius 3 is 2.26 bits per heavy atom. The van der Waals surface area contributed by atoms with Crippen LogP contribution in [0.15, 0.2) is 48.5 Å². The Morgan fingerprint density at radius 1 is 1.03 bits per heavy atom. The minimum Gasteiger partial charge on any atom is -0.354 e. The van der Waals surface area contributed by atoms with Gasteiger partial charge in [0.05, 0.1) is 11.9 Å². The number of nitrogens with one attached hydrogen (secondary N) is 1. The van der Waals surface area contributed by atoms with Crippen molar-refractivity contribution < 1.29 is 18.0 Å². The predicted octanol–water partition coefficient (Wildman–Crippen LogP) is 4.56. The summed E-state index contributed by atoms with van der Waals surface area (Å²) in [6.07, 6.45) is 2.83. The normalized spacial score (nSPS) is 12.3. The molecule has 2 rings (SSSR count). The van der Waals surface area contributed by atoms with Crippen LogP contribution in [0.25, 0.3) is 0 Å². The molecular formula is C26H36ClN3O4S. The Bertz CT molecular complexity index is 1120. The number of anilines is 1. The van der Waals surface area contributed by atoms with Crippen molar-refractivity contribution in [2.24, 2.45) is 0 Å². The minimum atomic E-state index is -3.79. The van der Waals surface area contributed by atoms with Gasteiger partial charge in [0.15, 0.2) is 0 Å². The van der Waals surface area contributed by atoms with Crippen LogP contribution in [0, 0.1) is 0 Å². The van der Waals surface area contributed by atoms with Crippen LogP contribution in [0.2, 0.25) is 5.02 Å². The second-order valence-electron chi connectivity index (χ2n) is 8.92. The lowest BCUT2D eigenvalue weighted by Gasteiger charge is -2.32. The third kappa shape index (κ3) is 7.97. The van der Waals surface area contributed by atoms with Crippen LogP contribution in [0.1, 0.15) is 57.6 Å². The second-order valence-corrected chi connectivity index (χ2v) is 11.2. The maximum absolute atomic E-state index is 13.6. The van der Waals surface area contributed by atoms with Crippen LogP contribution < -0.4 is 9.62 Å². The first-order valence-electron chi connectivity index (χ1n) is 11.8. The number of rotatable bonds is 12. The summed E-state index contributed by atoms with van der Waals surface area (Å²) in [5, 5.41) is 3.33. The molecule has 0 heterocycles. The average Bonchev–Trinajstić information content (AvgIpc) is 2.80. The van der Waals surface area contributed by atoms with Crippen LogP contribution in [0.3, 0.4) is 0 Å². The van der Waals surface area contributed by atoms with E-state index in [0.29, 0.717) is 22.8 Å². The Morgan fingerprint density at radius 2 is 1.66 bits per heavy atom. The van der Waals surface area contributed by atoms with Crippen LogP contribution in [0.5, 0.6) is 0 Å². The van der Waals surface area contributed by atoms with E-state index in [1.807, 2.05) is 32.9 Å². The average molecular weight is 522 g/mol. The van der Waals surface area contributed by atoms with Crippen LogP contribution in [-0.2, 0) is 26.2 Å². The summed E-state index contributed by atoms with van der Waals surface area (Å²) in [6.45, 7) is 7.75. The van der Waals surface area contributed by atoms with E-state index in [2.05, 4.69) is 5.32 Å². The molecule has 0 bridgehead atoms. The van der Waals surface area contributed by atoms with E-state index in [-0.39, 0.29) is 18.4 Å². The highest BCUT2D eigenvalue weighted by Gasteiger charge is 2.31. The summed E-state index contributed by atoms with van der Waals surface area (Å²) in [4.78, 5) is 27.9. The van der Waals surface area contributed by atoms with Crippen molar-refractivity contribution in [3.8, 4) is 0 Å². The molecule has 2 aromatic carbocycles. The van der Waals surface area contributed by atoms with Crippen molar-refractivity contribution >= 4 is 39.1 Å². The molecule has 0 radical (unpaired) electrons. The lowest BCUT2D eigenvalue weighted by molar-refractivity contribution is -0.139. The molecule has 0 unspecified atom stereocenters. The van der Waals surface area contributed by atoms with Gasteiger partial charge in [-0.05, 0) is 42.5 Å². The second kappa shape index (κ2) is 12.9. The predicted molar refractivity (Wildman–Crippen MR) is 142 cm³/mol. The highest BCUT2D eigenvalue weighted by molar-refractivity contribution is 7.92.